The first-order chi connectivity index (χ1) is 11.9. The van der Waals surface area contributed by atoms with Crippen LogP contribution in [0.5, 0.6) is 0 Å². The zero-order valence-electron chi connectivity index (χ0n) is 14.8. The Hall–Kier alpha value is -1.92. The van der Waals surface area contributed by atoms with E-state index < -0.39 is 5.41 Å². The molecule has 2 aliphatic heterocycles. The fourth-order valence-corrected chi connectivity index (χ4v) is 4.56. The van der Waals surface area contributed by atoms with Gasteiger partial charge in [0.15, 0.2) is 5.82 Å². The topological polar surface area (TPSA) is 79.5 Å². The highest BCUT2D eigenvalue weighted by Gasteiger charge is 2.61. The molecule has 0 radical (unpaired) electrons. The second-order valence-corrected chi connectivity index (χ2v) is 8.74. The Balaban J connectivity index is 1.45. The number of hydrogen-bond acceptors (Lipinski definition) is 5. The first-order valence-corrected chi connectivity index (χ1v) is 9.30. The minimum Gasteiger partial charge on any atom is -0.341 e. The first-order valence-electron chi connectivity index (χ1n) is 9.30. The monoisotopic (exact) mass is 344 g/mol. The lowest BCUT2D eigenvalue weighted by Crippen LogP contribution is -2.43. The van der Waals surface area contributed by atoms with Crippen molar-refractivity contribution in [2.24, 2.45) is 17.3 Å². The summed E-state index contributed by atoms with van der Waals surface area (Å²) in [5.41, 5.74) is -0.569. The van der Waals surface area contributed by atoms with Crippen LogP contribution < -0.4 is 0 Å². The lowest BCUT2D eigenvalue weighted by Gasteiger charge is -2.27. The molecule has 7 nitrogen and oxygen atoms in total. The highest BCUT2D eigenvalue weighted by atomic mass is 16.5. The molecule has 2 aliphatic carbocycles. The summed E-state index contributed by atoms with van der Waals surface area (Å²) in [7, 11) is 0. The van der Waals surface area contributed by atoms with Crippen LogP contribution in [0.3, 0.4) is 0 Å². The Morgan fingerprint density at radius 2 is 1.84 bits per heavy atom. The Kier molecular flexibility index (Phi) is 2.96. The standard InChI is InChI=1S/C18H24N4O3/c1-11-19-15(25-20-11)18-9-21(14(23)12-3-4-12)7-13(18)8-22(10-18)16(24)17(2)5-6-17/h12-13H,3-10H2,1-2H3/t13-,18-/m1/s1. The number of hydrogen-bond donors (Lipinski definition) is 0. The zero-order valence-corrected chi connectivity index (χ0v) is 14.8. The third-order valence-electron chi connectivity index (χ3n) is 6.60. The number of rotatable bonds is 3. The summed E-state index contributed by atoms with van der Waals surface area (Å²) in [5, 5.41) is 3.97. The van der Waals surface area contributed by atoms with Gasteiger partial charge in [-0.1, -0.05) is 12.1 Å². The van der Waals surface area contributed by atoms with E-state index in [4.69, 9.17) is 4.52 Å². The van der Waals surface area contributed by atoms with Crippen molar-refractivity contribution in [2.75, 3.05) is 26.2 Å². The van der Waals surface area contributed by atoms with Crippen LogP contribution in [0.1, 0.15) is 44.3 Å². The van der Waals surface area contributed by atoms with Crippen LogP contribution in [0.15, 0.2) is 4.52 Å². The van der Waals surface area contributed by atoms with Crippen LogP contribution in [0.4, 0.5) is 0 Å². The summed E-state index contributed by atoms with van der Waals surface area (Å²) >= 11 is 0. The Bertz CT molecular complexity index is 751. The Morgan fingerprint density at radius 1 is 1.16 bits per heavy atom. The average molecular weight is 344 g/mol. The number of aromatic nitrogens is 2. The summed E-state index contributed by atoms with van der Waals surface area (Å²) in [6.45, 7) is 6.42. The number of carbonyl (C=O) groups is 2. The normalized spacial score (nSPS) is 32.8. The summed E-state index contributed by atoms with van der Waals surface area (Å²) < 4.78 is 5.55. The molecule has 0 N–H and O–H groups in total. The largest absolute Gasteiger partial charge is 0.341 e. The molecule has 134 valence electrons. The van der Waals surface area contributed by atoms with E-state index in [1.807, 2.05) is 16.7 Å². The number of fused-ring (bicyclic) bond motifs is 1. The van der Waals surface area contributed by atoms with Gasteiger partial charge >= 0.3 is 0 Å². The third kappa shape index (κ3) is 2.24. The minimum atomic E-state index is -0.396. The van der Waals surface area contributed by atoms with E-state index in [0.717, 1.165) is 25.7 Å². The summed E-state index contributed by atoms with van der Waals surface area (Å²) in [6, 6.07) is 0. The number of aryl methyl sites for hydroxylation is 1. The van der Waals surface area contributed by atoms with Gasteiger partial charge in [-0.2, -0.15) is 4.98 Å². The molecule has 0 unspecified atom stereocenters. The summed E-state index contributed by atoms with van der Waals surface area (Å²) in [5.74, 6) is 2.10. The van der Waals surface area contributed by atoms with E-state index in [1.165, 1.54) is 0 Å². The van der Waals surface area contributed by atoms with Crippen LogP contribution in [-0.2, 0) is 15.0 Å². The molecule has 2 saturated heterocycles. The van der Waals surface area contributed by atoms with Gasteiger partial charge in [-0.25, -0.2) is 0 Å². The molecule has 0 aromatic carbocycles. The van der Waals surface area contributed by atoms with Gasteiger partial charge in [0, 0.05) is 43.4 Å². The Morgan fingerprint density at radius 3 is 2.44 bits per heavy atom. The van der Waals surface area contributed by atoms with E-state index >= 15 is 0 Å². The van der Waals surface area contributed by atoms with Crippen molar-refractivity contribution in [3.05, 3.63) is 11.7 Å². The molecule has 7 heteroatoms. The SMILES string of the molecule is Cc1noc([C@@]23CN(C(=O)C4CC4)C[C@@H]2CN(C(=O)C2(C)CC2)C3)n1. The van der Waals surface area contributed by atoms with Gasteiger partial charge in [0.2, 0.25) is 17.7 Å². The van der Waals surface area contributed by atoms with E-state index in [0.29, 0.717) is 37.9 Å². The van der Waals surface area contributed by atoms with Gasteiger partial charge in [-0.3, -0.25) is 9.59 Å². The molecule has 4 fully saturated rings. The van der Waals surface area contributed by atoms with Crippen molar-refractivity contribution < 1.29 is 14.1 Å². The minimum absolute atomic E-state index is 0.173. The maximum Gasteiger partial charge on any atom is 0.236 e. The number of carbonyl (C=O) groups excluding carboxylic acids is 2. The van der Waals surface area contributed by atoms with Gasteiger partial charge in [-0.15, -0.1) is 0 Å². The van der Waals surface area contributed by atoms with Gasteiger partial charge < -0.3 is 14.3 Å². The van der Waals surface area contributed by atoms with Crippen LogP contribution in [0, 0.1) is 24.2 Å². The van der Waals surface area contributed by atoms with Crippen LogP contribution >= 0.6 is 0 Å². The number of nitrogens with zero attached hydrogens (tertiary/aromatic N) is 4. The van der Waals surface area contributed by atoms with Crippen molar-refractivity contribution in [2.45, 2.75) is 44.9 Å². The lowest BCUT2D eigenvalue weighted by atomic mass is 9.81. The predicted octanol–water partition coefficient (Wildman–Crippen LogP) is 1.13. The molecular formula is C18H24N4O3. The molecule has 1 aromatic rings. The zero-order chi connectivity index (χ0) is 17.4. The number of amides is 2. The molecule has 0 bridgehead atoms. The van der Waals surface area contributed by atoms with Crippen LogP contribution in [0.25, 0.3) is 0 Å². The molecular weight excluding hydrogens is 320 g/mol. The van der Waals surface area contributed by atoms with Gasteiger partial charge in [0.25, 0.3) is 0 Å². The van der Waals surface area contributed by atoms with Crippen molar-refractivity contribution in [1.82, 2.24) is 19.9 Å². The van der Waals surface area contributed by atoms with Gasteiger partial charge in [0.05, 0.1) is 5.41 Å². The van der Waals surface area contributed by atoms with E-state index in [1.54, 1.807) is 0 Å². The molecule has 0 spiro atoms. The maximum absolute atomic E-state index is 12.9. The second kappa shape index (κ2) is 4.83. The highest BCUT2D eigenvalue weighted by molar-refractivity contribution is 5.86. The fourth-order valence-electron chi connectivity index (χ4n) is 4.56. The predicted molar refractivity (Wildman–Crippen MR) is 87.4 cm³/mol. The van der Waals surface area contributed by atoms with Crippen molar-refractivity contribution in [3.63, 3.8) is 0 Å². The molecule has 2 saturated carbocycles. The summed E-state index contributed by atoms with van der Waals surface area (Å²) in [4.78, 5) is 33.9. The van der Waals surface area contributed by atoms with E-state index in [9.17, 15) is 9.59 Å². The molecule has 4 aliphatic rings. The van der Waals surface area contributed by atoms with Crippen LogP contribution in [0.2, 0.25) is 0 Å². The third-order valence-corrected chi connectivity index (χ3v) is 6.60. The molecule has 3 heterocycles. The molecule has 5 rings (SSSR count). The molecule has 2 atom stereocenters. The van der Waals surface area contributed by atoms with Crippen molar-refractivity contribution >= 4 is 11.8 Å². The van der Waals surface area contributed by atoms with E-state index in [-0.39, 0.29) is 29.1 Å². The Labute approximate surface area is 146 Å². The van der Waals surface area contributed by atoms with Gasteiger partial charge in [0.1, 0.15) is 0 Å². The average Bonchev–Trinajstić information content (AvgIpc) is 3.44. The first kappa shape index (κ1) is 15.3. The van der Waals surface area contributed by atoms with Gasteiger partial charge in [-0.05, 0) is 32.6 Å². The highest BCUT2D eigenvalue weighted by Crippen LogP contribution is 2.51. The van der Waals surface area contributed by atoms with Crippen molar-refractivity contribution in [1.29, 1.82) is 0 Å². The lowest BCUT2D eigenvalue weighted by molar-refractivity contribution is -0.136. The van der Waals surface area contributed by atoms with Crippen LogP contribution in [-0.4, -0.2) is 57.9 Å². The fraction of sp³-hybridized carbons (Fsp3) is 0.778. The molecule has 2 amide bonds. The summed E-state index contributed by atoms with van der Waals surface area (Å²) in [6.07, 6.45) is 3.98. The maximum atomic E-state index is 12.9. The molecule has 1 aromatic heterocycles. The van der Waals surface area contributed by atoms with E-state index in [2.05, 4.69) is 17.1 Å². The number of likely N-dealkylation sites (tertiary alicyclic amines) is 2. The van der Waals surface area contributed by atoms with Crippen molar-refractivity contribution in [3.8, 4) is 0 Å². The molecule has 25 heavy (non-hydrogen) atoms. The second-order valence-electron chi connectivity index (χ2n) is 8.74. The quantitative estimate of drug-likeness (QED) is 0.821. The smallest absolute Gasteiger partial charge is 0.236 e.